The third-order valence-electron chi connectivity index (χ3n) is 10.6. The molecular formula is C34H36FN7O3S. The van der Waals surface area contributed by atoms with Crippen LogP contribution in [0.4, 0.5) is 9.18 Å². The Hall–Kier alpha value is -3.87. The number of para-hydroxylation sites is 1. The van der Waals surface area contributed by atoms with Gasteiger partial charge in [-0.25, -0.2) is 19.2 Å². The first-order chi connectivity index (χ1) is 22.5. The fraction of sp³-hybridized carbons (Fsp3) is 0.471. The van der Waals surface area contributed by atoms with E-state index in [9.17, 15) is 9.90 Å². The first kappa shape index (κ1) is 28.4. The van der Waals surface area contributed by atoms with Crippen molar-refractivity contribution < 1.29 is 19.0 Å². The topological polar surface area (TPSA) is 109 Å². The molecule has 1 aliphatic carbocycles. The van der Waals surface area contributed by atoms with Gasteiger partial charge in [0.25, 0.3) is 0 Å². The number of hydrogen-bond donors (Lipinski definition) is 2. The lowest BCUT2D eigenvalue weighted by Crippen LogP contribution is -2.40. The number of amides is 1. The molecule has 1 aromatic carbocycles. The molecular weight excluding hydrogens is 605 g/mol. The number of carbonyl (C=O) groups is 1. The number of hydrogen-bond acceptors (Lipinski definition) is 8. The Morgan fingerprint density at radius 3 is 2.83 bits per heavy atom. The van der Waals surface area contributed by atoms with E-state index in [2.05, 4.69) is 25.8 Å². The van der Waals surface area contributed by atoms with Gasteiger partial charge in [-0.3, -0.25) is 14.8 Å². The van der Waals surface area contributed by atoms with Crippen LogP contribution in [-0.4, -0.2) is 85.4 Å². The van der Waals surface area contributed by atoms with E-state index >= 15 is 4.39 Å². The van der Waals surface area contributed by atoms with Gasteiger partial charge in [-0.2, -0.15) is 0 Å². The average Bonchev–Trinajstić information content (AvgIpc) is 3.88. The van der Waals surface area contributed by atoms with Gasteiger partial charge in [0.1, 0.15) is 17.3 Å². The van der Waals surface area contributed by atoms with Crippen molar-refractivity contribution in [2.45, 2.75) is 63.3 Å². The van der Waals surface area contributed by atoms with Gasteiger partial charge in [0, 0.05) is 48.5 Å². The third kappa shape index (κ3) is 4.33. The number of nitrogens with zero attached hydrogens (tertiary/aromatic N) is 6. The van der Waals surface area contributed by atoms with Crippen molar-refractivity contribution in [3.05, 3.63) is 47.5 Å². The van der Waals surface area contributed by atoms with Crippen molar-refractivity contribution >= 4 is 49.5 Å². The Labute approximate surface area is 269 Å². The minimum Gasteiger partial charge on any atom is -0.473 e. The molecule has 1 amide bonds. The lowest BCUT2D eigenvalue weighted by Gasteiger charge is -2.39. The molecule has 4 aromatic heterocycles. The summed E-state index contributed by atoms with van der Waals surface area (Å²) in [6.07, 6.45) is 5.63. The van der Waals surface area contributed by atoms with Gasteiger partial charge in [0.2, 0.25) is 5.88 Å². The van der Waals surface area contributed by atoms with Crippen molar-refractivity contribution in [3.8, 4) is 17.1 Å². The quantitative estimate of drug-likeness (QED) is 0.216. The molecule has 5 fully saturated rings. The second-order valence-corrected chi connectivity index (χ2v) is 14.3. The average molecular weight is 642 g/mol. The van der Waals surface area contributed by atoms with Gasteiger partial charge in [0.05, 0.1) is 38.7 Å². The van der Waals surface area contributed by atoms with Crippen LogP contribution in [-0.2, 0) is 0 Å². The van der Waals surface area contributed by atoms with E-state index in [4.69, 9.17) is 14.7 Å². The van der Waals surface area contributed by atoms with Crippen molar-refractivity contribution in [1.82, 2.24) is 34.6 Å². The number of halogens is 1. The first-order valence-electron chi connectivity index (χ1n) is 16.4. The lowest BCUT2D eigenvalue weighted by atomic mass is 9.79. The Bertz CT molecular complexity index is 1990. The molecule has 238 valence electrons. The zero-order valence-electron chi connectivity index (χ0n) is 25.7. The normalized spacial score (nSPS) is 25.2. The number of benzene rings is 1. The first-order valence-corrected chi connectivity index (χ1v) is 17.3. The van der Waals surface area contributed by atoms with E-state index in [0.717, 1.165) is 66.7 Å². The number of carboxylic acid groups (broad SMARTS) is 1. The predicted octanol–water partition coefficient (Wildman–Crippen LogP) is 6.21. The van der Waals surface area contributed by atoms with Crippen LogP contribution in [0.1, 0.15) is 56.8 Å². The van der Waals surface area contributed by atoms with Crippen LogP contribution < -0.4 is 10.1 Å². The summed E-state index contributed by atoms with van der Waals surface area (Å²) in [7, 11) is 0. The molecule has 5 aliphatic rings. The van der Waals surface area contributed by atoms with Gasteiger partial charge in [-0.15, -0.1) is 11.3 Å². The van der Waals surface area contributed by atoms with Crippen LogP contribution in [0.2, 0.25) is 0 Å². The number of thiazole rings is 1. The van der Waals surface area contributed by atoms with E-state index in [1.54, 1.807) is 16.6 Å². The second-order valence-electron chi connectivity index (χ2n) is 13.4. The number of nitrogens with one attached hydrogen (secondary N) is 1. The zero-order valence-corrected chi connectivity index (χ0v) is 26.5. The van der Waals surface area contributed by atoms with E-state index in [0.29, 0.717) is 34.8 Å². The van der Waals surface area contributed by atoms with E-state index in [1.807, 2.05) is 25.1 Å². The predicted molar refractivity (Wildman–Crippen MR) is 175 cm³/mol. The molecule has 8 heterocycles. The van der Waals surface area contributed by atoms with Crippen molar-refractivity contribution in [1.29, 1.82) is 0 Å². The molecule has 5 atom stereocenters. The number of likely N-dealkylation sites (tertiary alicyclic amines) is 2. The summed E-state index contributed by atoms with van der Waals surface area (Å²) >= 11 is 1.51. The van der Waals surface area contributed by atoms with Crippen LogP contribution >= 0.6 is 11.3 Å². The Morgan fingerprint density at radius 1 is 1.17 bits per heavy atom. The fourth-order valence-electron chi connectivity index (χ4n) is 8.54. The van der Waals surface area contributed by atoms with Crippen LogP contribution in [0, 0.1) is 11.7 Å². The molecule has 4 aliphatic heterocycles. The molecule has 1 saturated carbocycles. The highest BCUT2D eigenvalue weighted by atomic mass is 32.1. The maximum Gasteiger partial charge on any atom is 0.407 e. The summed E-state index contributed by atoms with van der Waals surface area (Å²) in [5.41, 5.74) is 5.29. The summed E-state index contributed by atoms with van der Waals surface area (Å²) < 4.78 is 26.8. The number of pyridine rings is 2. The highest BCUT2D eigenvalue weighted by Gasteiger charge is 2.50. The summed E-state index contributed by atoms with van der Waals surface area (Å²) in [4.78, 5) is 30.5. The summed E-state index contributed by atoms with van der Waals surface area (Å²) in [5, 5.41) is 15.2. The van der Waals surface area contributed by atoms with Gasteiger partial charge < -0.3 is 19.7 Å². The SMILES string of the molecule is C[C@@H](CN1CCCC1)Oc1nc2c(F)c(-c3cccc4scnc34)ncc2c2c1cc([C@H]1CCCN1C(=O)O)n2[C@H]1[C@H]2CN[C@@H]1C2. The zero-order chi connectivity index (χ0) is 31.1. The Kier molecular flexibility index (Phi) is 6.69. The maximum atomic E-state index is 16.9. The molecule has 4 saturated heterocycles. The molecule has 46 heavy (non-hydrogen) atoms. The van der Waals surface area contributed by atoms with Crippen molar-refractivity contribution in [2.24, 2.45) is 5.92 Å². The summed E-state index contributed by atoms with van der Waals surface area (Å²) in [6.45, 7) is 6.31. The van der Waals surface area contributed by atoms with Crippen molar-refractivity contribution in [2.75, 3.05) is 32.7 Å². The molecule has 2 bridgehead atoms. The largest absolute Gasteiger partial charge is 0.473 e. The Morgan fingerprint density at radius 2 is 2.04 bits per heavy atom. The van der Waals surface area contributed by atoms with Gasteiger partial charge in [0.15, 0.2) is 5.82 Å². The monoisotopic (exact) mass is 641 g/mol. The van der Waals surface area contributed by atoms with Crippen LogP contribution in [0.25, 0.3) is 43.3 Å². The number of rotatable bonds is 7. The fourth-order valence-corrected chi connectivity index (χ4v) is 9.24. The van der Waals surface area contributed by atoms with E-state index < -0.39 is 11.9 Å². The summed E-state index contributed by atoms with van der Waals surface area (Å²) in [5.74, 6) is 0.297. The van der Waals surface area contributed by atoms with E-state index in [1.165, 1.54) is 24.2 Å². The van der Waals surface area contributed by atoms with E-state index in [-0.39, 0.29) is 35.4 Å². The number of fused-ring (bicyclic) bond motifs is 5. The maximum absolute atomic E-state index is 16.9. The lowest BCUT2D eigenvalue weighted by molar-refractivity contribution is 0.136. The molecule has 10 rings (SSSR count). The third-order valence-corrected chi connectivity index (χ3v) is 11.4. The van der Waals surface area contributed by atoms with Gasteiger partial charge in [-0.1, -0.05) is 12.1 Å². The number of aromatic nitrogens is 4. The molecule has 0 radical (unpaired) electrons. The van der Waals surface area contributed by atoms with Gasteiger partial charge >= 0.3 is 6.09 Å². The van der Waals surface area contributed by atoms with Crippen LogP contribution in [0.3, 0.4) is 0 Å². The number of ether oxygens (including phenoxy) is 1. The molecule has 0 spiro atoms. The highest BCUT2D eigenvalue weighted by molar-refractivity contribution is 7.16. The Balaban J connectivity index is 1.28. The minimum atomic E-state index is -0.915. The minimum absolute atomic E-state index is 0.135. The summed E-state index contributed by atoms with van der Waals surface area (Å²) in [6, 6.07) is 7.92. The molecule has 5 aromatic rings. The standard InChI is InChI=1S/C34H36FN7O3S/c1-18(16-40-9-2-3-10-40)45-33-21-13-25(24-7-5-11-41(24)34(43)44)42(31-19-12-23(31)36-14-19)32(21)22-15-37-29(27(35)30(22)39-33)20-6-4-8-26-28(20)38-17-46-26/h4,6,8,13,15,17-19,23-24,31,36H,2-3,5,7,9-12,14,16H2,1H3,(H,43,44)/t18-,19+,23+,24+,31-/m0/s1. The van der Waals surface area contributed by atoms with Crippen LogP contribution in [0.5, 0.6) is 5.88 Å². The molecule has 10 nitrogen and oxygen atoms in total. The molecule has 0 unspecified atom stereocenters. The second kappa shape index (κ2) is 10.9. The highest BCUT2D eigenvalue weighted by Crippen LogP contribution is 2.50. The molecule has 12 heteroatoms. The van der Waals surface area contributed by atoms with Crippen molar-refractivity contribution in [3.63, 3.8) is 0 Å². The molecule has 2 N–H and O–H groups in total. The smallest absolute Gasteiger partial charge is 0.407 e. The van der Waals surface area contributed by atoms with Crippen LogP contribution in [0.15, 0.2) is 36.0 Å². The van der Waals surface area contributed by atoms with Gasteiger partial charge in [-0.05, 0) is 70.2 Å².